The lowest BCUT2D eigenvalue weighted by atomic mass is 10.0. The number of hydrogen-bond donors (Lipinski definition) is 4. The molecule has 3 aromatic rings. The van der Waals surface area contributed by atoms with Crippen LogP contribution in [0.25, 0.3) is 0 Å². The Labute approximate surface area is 206 Å². The smallest absolute Gasteiger partial charge is 0.328 e. The summed E-state index contributed by atoms with van der Waals surface area (Å²) < 4.78 is 10.8. The normalized spacial score (nSPS) is 16.0. The molecule has 4 rings (SSSR count). The van der Waals surface area contributed by atoms with E-state index in [-0.39, 0.29) is 22.7 Å². The summed E-state index contributed by atoms with van der Waals surface area (Å²) in [4.78, 5) is 38.7. The lowest BCUT2D eigenvalue weighted by molar-refractivity contribution is -0.145. The highest BCUT2D eigenvalue weighted by Gasteiger charge is 2.28. The van der Waals surface area contributed by atoms with E-state index in [9.17, 15) is 19.5 Å². The minimum Gasteiger partial charge on any atom is -0.494 e. The number of thiazole rings is 1. The van der Waals surface area contributed by atoms with Crippen molar-refractivity contribution in [1.82, 2.24) is 15.6 Å². The fourth-order valence-corrected chi connectivity index (χ4v) is 4.67. The SMILES string of the molecule is COC(=O)C(Cc1ccc(Oc2ccc(Cc3sc(=O)[nH]c3O)cc2)cc1)NC(=O)C1CCCN1. The van der Waals surface area contributed by atoms with E-state index in [1.165, 1.54) is 7.11 Å². The van der Waals surface area contributed by atoms with Crippen molar-refractivity contribution in [1.29, 1.82) is 0 Å². The van der Waals surface area contributed by atoms with Gasteiger partial charge in [0.25, 0.3) is 0 Å². The van der Waals surface area contributed by atoms with Gasteiger partial charge in [0, 0.05) is 12.8 Å². The summed E-state index contributed by atoms with van der Waals surface area (Å²) >= 11 is 0.986. The second kappa shape index (κ2) is 11.2. The summed E-state index contributed by atoms with van der Waals surface area (Å²) in [6, 6.07) is 13.6. The fraction of sp³-hybridized carbons (Fsp3) is 0.320. The summed E-state index contributed by atoms with van der Waals surface area (Å²) in [6.07, 6.45) is 2.43. The molecule has 2 aromatic carbocycles. The maximum Gasteiger partial charge on any atom is 0.328 e. The van der Waals surface area contributed by atoms with Crippen molar-refractivity contribution in [3.8, 4) is 17.4 Å². The molecule has 0 saturated carbocycles. The van der Waals surface area contributed by atoms with Gasteiger partial charge in [-0.2, -0.15) is 0 Å². The molecule has 184 valence electrons. The number of aromatic amines is 1. The van der Waals surface area contributed by atoms with Crippen molar-refractivity contribution in [3.05, 3.63) is 74.2 Å². The van der Waals surface area contributed by atoms with Crippen LogP contribution in [0.4, 0.5) is 0 Å². The molecular weight excluding hydrogens is 470 g/mol. The predicted octanol–water partition coefficient (Wildman–Crippen LogP) is 2.48. The molecule has 4 N–H and O–H groups in total. The van der Waals surface area contributed by atoms with Crippen molar-refractivity contribution < 1.29 is 24.2 Å². The number of nitrogens with one attached hydrogen (secondary N) is 3. The van der Waals surface area contributed by atoms with Crippen molar-refractivity contribution in [2.45, 2.75) is 37.8 Å². The molecule has 0 spiro atoms. The zero-order chi connectivity index (χ0) is 24.8. The molecule has 35 heavy (non-hydrogen) atoms. The van der Waals surface area contributed by atoms with E-state index in [0.717, 1.165) is 41.9 Å². The molecule has 1 aliphatic heterocycles. The van der Waals surface area contributed by atoms with Crippen molar-refractivity contribution in [2.24, 2.45) is 0 Å². The summed E-state index contributed by atoms with van der Waals surface area (Å²) in [5, 5.41) is 15.7. The number of esters is 1. The zero-order valence-electron chi connectivity index (χ0n) is 19.2. The number of H-pyrrole nitrogens is 1. The molecule has 0 radical (unpaired) electrons. The van der Waals surface area contributed by atoms with E-state index in [1.54, 1.807) is 12.1 Å². The second-order valence-corrected chi connectivity index (χ2v) is 9.36. The van der Waals surface area contributed by atoms with Crippen LogP contribution in [0, 0.1) is 0 Å². The van der Waals surface area contributed by atoms with Gasteiger partial charge in [-0.1, -0.05) is 35.6 Å². The maximum absolute atomic E-state index is 12.4. The Morgan fingerprint density at radius 1 is 1.11 bits per heavy atom. The largest absolute Gasteiger partial charge is 0.494 e. The first-order valence-corrected chi connectivity index (χ1v) is 12.1. The molecule has 2 unspecified atom stereocenters. The third kappa shape index (κ3) is 6.49. The van der Waals surface area contributed by atoms with Gasteiger partial charge in [-0.15, -0.1) is 0 Å². The summed E-state index contributed by atoms with van der Waals surface area (Å²) in [5.74, 6) is 0.484. The van der Waals surface area contributed by atoms with Crippen LogP contribution in [0.1, 0.15) is 28.8 Å². The third-order valence-corrected chi connectivity index (χ3v) is 6.64. The Hall–Kier alpha value is -3.63. The van der Waals surface area contributed by atoms with Crippen LogP contribution >= 0.6 is 11.3 Å². The number of rotatable bonds is 9. The van der Waals surface area contributed by atoms with Gasteiger partial charge in [-0.05, 0) is 54.8 Å². The van der Waals surface area contributed by atoms with Crippen LogP contribution < -0.4 is 20.2 Å². The second-order valence-electron chi connectivity index (χ2n) is 8.29. The first-order valence-electron chi connectivity index (χ1n) is 11.3. The Morgan fingerprint density at radius 3 is 2.31 bits per heavy atom. The van der Waals surface area contributed by atoms with Gasteiger partial charge in [0.15, 0.2) is 0 Å². The molecule has 0 bridgehead atoms. The van der Waals surface area contributed by atoms with Crippen molar-refractivity contribution in [3.63, 3.8) is 0 Å². The van der Waals surface area contributed by atoms with Crippen LogP contribution in [-0.2, 0) is 27.2 Å². The number of hydrogen-bond acceptors (Lipinski definition) is 8. The Morgan fingerprint density at radius 2 is 1.77 bits per heavy atom. The molecule has 1 saturated heterocycles. The summed E-state index contributed by atoms with van der Waals surface area (Å²) in [7, 11) is 1.31. The van der Waals surface area contributed by atoms with E-state index >= 15 is 0 Å². The number of methoxy groups -OCH3 is 1. The average Bonchev–Trinajstić information content (AvgIpc) is 3.50. The quantitative estimate of drug-likeness (QED) is 0.334. The molecular formula is C25H27N3O6S. The lowest BCUT2D eigenvalue weighted by Gasteiger charge is -2.19. The summed E-state index contributed by atoms with van der Waals surface area (Å²) in [6.45, 7) is 0.796. The molecule has 10 heteroatoms. The molecule has 0 aliphatic carbocycles. The minimum atomic E-state index is -0.771. The highest BCUT2D eigenvalue weighted by atomic mass is 32.1. The van der Waals surface area contributed by atoms with Crippen LogP contribution in [0.2, 0.25) is 0 Å². The number of benzene rings is 2. The van der Waals surface area contributed by atoms with Gasteiger partial charge >= 0.3 is 10.8 Å². The van der Waals surface area contributed by atoms with E-state index in [2.05, 4.69) is 15.6 Å². The van der Waals surface area contributed by atoms with Gasteiger partial charge in [-0.25, -0.2) is 4.79 Å². The molecule has 2 heterocycles. The molecule has 1 amide bonds. The zero-order valence-corrected chi connectivity index (χ0v) is 20.0. The van der Waals surface area contributed by atoms with E-state index in [4.69, 9.17) is 9.47 Å². The van der Waals surface area contributed by atoms with Gasteiger partial charge in [0.05, 0.1) is 18.0 Å². The van der Waals surface area contributed by atoms with Crippen LogP contribution in [-0.4, -0.2) is 47.7 Å². The minimum absolute atomic E-state index is 0.0929. The number of aromatic nitrogens is 1. The van der Waals surface area contributed by atoms with Gasteiger partial charge in [0.1, 0.15) is 17.5 Å². The van der Waals surface area contributed by atoms with E-state index < -0.39 is 12.0 Å². The molecule has 1 fully saturated rings. The standard InChI is InChI=1S/C25H27N3O6S/c1-33-24(31)20(27-22(29)19-3-2-12-26-19)13-15-4-8-17(9-5-15)34-18-10-6-16(7-11-18)14-21-23(30)28-25(32)35-21/h4-11,19-20,26,30H,2-3,12-14H2,1H3,(H,27,29)(H,28,32). The molecule has 1 aromatic heterocycles. The Kier molecular flexibility index (Phi) is 7.84. The van der Waals surface area contributed by atoms with Crippen molar-refractivity contribution in [2.75, 3.05) is 13.7 Å². The van der Waals surface area contributed by atoms with Gasteiger partial charge in [0.2, 0.25) is 11.8 Å². The van der Waals surface area contributed by atoms with Crippen LogP contribution in [0.5, 0.6) is 17.4 Å². The van der Waals surface area contributed by atoms with Gasteiger partial charge in [-0.3, -0.25) is 14.6 Å². The predicted molar refractivity (Wildman–Crippen MR) is 131 cm³/mol. The number of amides is 1. The van der Waals surface area contributed by atoms with Crippen LogP contribution in [0.3, 0.4) is 0 Å². The highest BCUT2D eigenvalue weighted by Crippen LogP contribution is 2.25. The number of aromatic hydroxyl groups is 1. The Bertz CT molecular complexity index is 1210. The topological polar surface area (TPSA) is 130 Å². The van der Waals surface area contributed by atoms with Gasteiger partial charge < -0.3 is 25.2 Å². The monoisotopic (exact) mass is 497 g/mol. The van der Waals surface area contributed by atoms with Crippen LogP contribution in [0.15, 0.2) is 53.3 Å². The maximum atomic E-state index is 12.4. The number of carbonyl (C=O) groups is 2. The third-order valence-electron chi connectivity index (χ3n) is 5.77. The summed E-state index contributed by atoms with van der Waals surface area (Å²) in [5.41, 5.74) is 1.79. The lowest BCUT2D eigenvalue weighted by Crippen LogP contribution is -2.49. The molecule has 1 aliphatic rings. The molecule has 2 atom stereocenters. The molecule has 9 nitrogen and oxygen atoms in total. The first-order chi connectivity index (χ1) is 16.9. The Balaban J connectivity index is 1.35. The van der Waals surface area contributed by atoms with E-state index in [1.807, 2.05) is 36.4 Å². The highest BCUT2D eigenvalue weighted by molar-refractivity contribution is 7.09. The number of ether oxygens (including phenoxy) is 2. The number of carbonyl (C=O) groups excluding carboxylic acids is 2. The first kappa shape index (κ1) is 24.5. The average molecular weight is 498 g/mol. The fourth-order valence-electron chi connectivity index (χ4n) is 3.91. The van der Waals surface area contributed by atoms with E-state index in [0.29, 0.717) is 29.2 Å². The van der Waals surface area contributed by atoms with Crippen molar-refractivity contribution >= 4 is 23.2 Å².